The first-order valence-electron chi connectivity index (χ1n) is 10.0. The van der Waals surface area contributed by atoms with Crippen LogP contribution in [0.4, 0.5) is 0 Å². The van der Waals surface area contributed by atoms with E-state index in [1.807, 2.05) is 17.0 Å². The number of benzene rings is 2. The van der Waals surface area contributed by atoms with Gasteiger partial charge in [0.1, 0.15) is 5.75 Å². The highest BCUT2D eigenvalue weighted by Crippen LogP contribution is 2.28. The molecular formula is C23H30N2O4. The molecule has 0 radical (unpaired) electrons. The van der Waals surface area contributed by atoms with Gasteiger partial charge in [0.05, 0.1) is 21.3 Å². The van der Waals surface area contributed by atoms with E-state index in [9.17, 15) is 4.79 Å². The largest absolute Gasteiger partial charge is 0.497 e. The Morgan fingerprint density at radius 3 is 2.17 bits per heavy atom. The first-order valence-corrected chi connectivity index (χ1v) is 10.0. The molecule has 0 aromatic heterocycles. The Morgan fingerprint density at radius 1 is 0.862 bits per heavy atom. The Kier molecular flexibility index (Phi) is 7.36. The van der Waals surface area contributed by atoms with Gasteiger partial charge < -0.3 is 19.1 Å². The van der Waals surface area contributed by atoms with Crippen LogP contribution in [0.3, 0.4) is 0 Å². The SMILES string of the molecule is COc1ccc(CCCN2CCN(C(=O)c3ccc(OC)c(OC)c3)CC2)cc1. The Labute approximate surface area is 173 Å². The van der Waals surface area contributed by atoms with Gasteiger partial charge in [-0.2, -0.15) is 0 Å². The quantitative estimate of drug-likeness (QED) is 0.684. The molecule has 1 amide bonds. The number of carbonyl (C=O) groups is 1. The maximum Gasteiger partial charge on any atom is 0.254 e. The Bertz CT molecular complexity index is 799. The van der Waals surface area contributed by atoms with E-state index in [0.717, 1.165) is 51.3 Å². The lowest BCUT2D eigenvalue weighted by molar-refractivity contribution is 0.0635. The zero-order valence-corrected chi connectivity index (χ0v) is 17.5. The lowest BCUT2D eigenvalue weighted by Crippen LogP contribution is -2.48. The minimum absolute atomic E-state index is 0.0452. The first kappa shape index (κ1) is 21.0. The summed E-state index contributed by atoms with van der Waals surface area (Å²) in [5, 5.41) is 0. The van der Waals surface area contributed by atoms with Crippen molar-refractivity contribution < 1.29 is 19.0 Å². The molecule has 1 aliphatic heterocycles. The van der Waals surface area contributed by atoms with Gasteiger partial charge in [0.15, 0.2) is 11.5 Å². The molecular weight excluding hydrogens is 368 g/mol. The van der Waals surface area contributed by atoms with Gasteiger partial charge in [0, 0.05) is 31.7 Å². The van der Waals surface area contributed by atoms with Gasteiger partial charge in [0.25, 0.3) is 5.91 Å². The number of hydrogen-bond donors (Lipinski definition) is 0. The summed E-state index contributed by atoms with van der Waals surface area (Å²) in [6.45, 7) is 4.35. The van der Waals surface area contributed by atoms with E-state index in [1.54, 1.807) is 39.5 Å². The van der Waals surface area contributed by atoms with E-state index in [1.165, 1.54) is 5.56 Å². The first-order chi connectivity index (χ1) is 14.1. The van der Waals surface area contributed by atoms with Crippen LogP contribution in [0.25, 0.3) is 0 Å². The molecule has 1 fully saturated rings. The minimum Gasteiger partial charge on any atom is -0.497 e. The molecule has 0 spiro atoms. The number of amides is 1. The van der Waals surface area contributed by atoms with Gasteiger partial charge >= 0.3 is 0 Å². The topological polar surface area (TPSA) is 51.2 Å². The van der Waals surface area contributed by atoms with Crippen molar-refractivity contribution in [2.75, 3.05) is 54.1 Å². The smallest absolute Gasteiger partial charge is 0.254 e. The molecule has 2 aromatic carbocycles. The molecule has 0 N–H and O–H groups in total. The van der Waals surface area contributed by atoms with Crippen molar-refractivity contribution in [2.24, 2.45) is 0 Å². The van der Waals surface area contributed by atoms with E-state index in [0.29, 0.717) is 17.1 Å². The monoisotopic (exact) mass is 398 g/mol. The number of ether oxygens (including phenoxy) is 3. The van der Waals surface area contributed by atoms with Crippen LogP contribution in [0, 0.1) is 0 Å². The third kappa shape index (κ3) is 5.41. The maximum absolute atomic E-state index is 12.8. The fraction of sp³-hybridized carbons (Fsp3) is 0.435. The number of carbonyl (C=O) groups excluding carboxylic acids is 1. The summed E-state index contributed by atoms with van der Waals surface area (Å²) in [6.07, 6.45) is 2.16. The van der Waals surface area contributed by atoms with Crippen molar-refractivity contribution in [1.82, 2.24) is 9.80 Å². The Hall–Kier alpha value is -2.73. The summed E-state index contributed by atoms with van der Waals surface area (Å²) >= 11 is 0. The van der Waals surface area contributed by atoms with Crippen LogP contribution in [0.2, 0.25) is 0 Å². The highest BCUT2D eigenvalue weighted by atomic mass is 16.5. The van der Waals surface area contributed by atoms with Crippen molar-refractivity contribution in [3.8, 4) is 17.2 Å². The molecule has 1 saturated heterocycles. The summed E-state index contributed by atoms with van der Waals surface area (Å²) in [5.41, 5.74) is 1.96. The number of rotatable bonds is 8. The van der Waals surface area contributed by atoms with E-state index in [4.69, 9.17) is 14.2 Å². The second-order valence-corrected chi connectivity index (χ2v) is 7.16. The molecule has 0 bridgehead atoms. The standard InChI is InChI=1S/C23H30N2O4/c1-27-20-9-6-18(7-10-20)5-4-12-24-13-15-25(16-14-24)23(26)19-8-11-21(28-2)22(17-19)29-3/h6-11,17H,4-5,12-16H2,1-3H3. The van der Waals surface area contributed by atoms with Gasteiger partial charge in [-0.05, 0) is 55.3 Å². The molecule has 0 aliphatic carbocycles. The van der Waals surface area contributed by atoms with Gasteiger partial charge in [-0.15, -0.1) is 0 Å². The minimum atomic E-state index is 0.0452. The molecule has 0 unspecified atom stereocenters. The molecule has 0 saturated carbocycles. The normalized spacial score (nSPS) is 14.5. The fourth-order valence-corrected chi connectivity index (χ4v) is 3.63. The number of piperazine rings is 1. The number of aryl methyl sites for hydroxylation is 1. The third-order valence-corrected chi connectivity index (χ3v) is 5.39. The molecule has 29 heavy (non-hydrogen) atoms. The molecule has 0 atom stereocenters. The van der Waals surface area contributed by atoms with Crippen molar-refractivity contribution in [1.29, 1.82) is 0 Å². The lowest BCUT2D eigenvalue weighted by Gasteiger charge is -2.34. The maximum atomic E-state index is 12.8. The predicted molar refractivity (Wildman–Crippen MR) is 113 cm³/mol. The molecule has 1 aliphatic rings. The van der Waals surface area contributed by atoms with Crippen molar-refractivity contribution in [2.45, 2.75) is 12.8 Å². The Balaban J connectivity index is 1.45. The molecule has 6 heteroatoms. The Morgan fingerprint density at radius 2 is 1.55 bits per heavy atom. The summed E-state index contributed by atoms with van der Waals surface area (Å²) in [7, 11) is 4.86. The van der Waals surface area contributed by atoms with E-state index < -0.39 is 0 Å². The summed E-state index contributed by atoms with van der Waals surface area (Å²) in [6, 6.07) is 13.6. The van der Waals surface area contributed by atoms with Crippen LogP contribution in [0.5, 0.6) is 17.2 Å². The van der Waals surface area contributed by atoms with Gasteiger partial charge in [-0.1, -0.05) is 12.1 Å². The van der Waals surface area contributed by atoms with E-state index >= 15 is 0 Å². The average Bonchev–Trinajstić information content (AvgIpc) is 2.79. The third-order valence-electron chi connectivity index (χ3n) is 5.39. The van der Waals surface area contributed by atoms with E-state index in [2.05, 4.69) is 17.0 Å². The van der Waals surface area contributed by atoms with E-state index in [-0.39, 0.29) is 5.91 Å². The fourth-order valence-electron chi connectivity index (χ4n) is 3.63. The summed E-state index contributed by atoms with van der Waals surface area (Å²) < 4.78 is 15.8. The van der Waals surface area contributed by atoms with Crippen LogP contribution in [0.15, 0.2) is 42.5 Å². The van der Waals surface area contributed by atoms with Crippen molar-refractivity contribution in [3.63, 3.8) is 0 Å². The van der Waals surface area contributed by atoms with Crippen molar-refractivity contribution in [3.05, 3.63) is 53.6 Å². The average molecular weight is 399 g/mol. The molecule has 6 nitrogen and oxygen atoms in total. The van der Waals surface area contributed by atoms with Gasteiger partial charge in [-0.3, -0.25) is 9.69 Å². The molecule has 3 rings (SSSR count). The zero-order valence-electron chi connectivity index (χ0n) is 17.5. The lowest BCUT2D eigenvalue weighted by atomic mass is 10.1. The zero-order chi connectivity index (χ0) is 20.6. The van der Waals surface area contributed by atoms with Crippen LogP contribution in [0.1, 0.15) is 22.3 Å². The highest BCUT2D eigenvalue weighted by molar-refractivity contribution is 5.95. The second-order valence-electron chi connectivity index (χ2n) is 7.16. The predicted octanol–water partition coefficient (Wildman–Crippen LogP) is 3.10. The van der Waals surface area contributed by atoms with Crippen LogP contribution in [-0.4, -0.2) is 69.8 Å². The number of hydrogen-bond acceptors (Lipinski definition) is 5. The summed E-state index contributed by atoms with van der Waals surface area (Å²) in [4.78, 5) is 17.2. The van der Waals surface area contributed by atoms with Crippen molar-refractivity contribution >= 4 is 5.91 Å². The number of methoxy groups -OCH3 is 3. The summed E-state index contributed by atoms with van der Waals surface area (Å²) in [5.74, 6) is 2.15. The molecule has 156 valence electrons. The number of nitrogens with zero attached hydrogens (tertiary/aromatic N) is 2. The molecule has 2 aromatic rings. The highest BCUT2D eigenvalue weighted by Gasteiger charge is 2.22. The second kappa shape index (κ2) is 10.2. The van der Waals surface area contributed by atoms with Crippen LogP contribution in [-0.2, 0) is 6.42 Å². The van der Waals surface area contributed by atoms with Gasteiger partial charge in [-0.25, -0.2) is 0 Å². The van der Waals surface area contributed by atoms with Crippen LogP contribution < -0.4 is 14.2 Å². The molecule has 1 heterocycles. The van der Waals surface area contributed by atoms with Crippen LogP contribution >= 0.6 is 0 Å². The van der Waals surface area contributed by atoms with Gasteiger partial charge in [0.2, 0.25) is 0 Å².